The predicted octanol–water partition coefficient (Wildman–Crippen LogP) is 1.77. The van der Waals surface area contributed by atoms with Crippen molar-refractivity contribution in [2.24, 2.45) is 0 Å². The summed E-state index contributed by atoms with van der Waals surface area (Å²) in [6.45, 7) is 6.25. The Morgan fingerprint density at radius 3 is 1.50 bits per heavy atom. The number of rotatable bonds is 8. The molecule has 0 aromatic carbocycles. The third kappa shape index (κ3) is 5.58. The van der Waals surface area contributed by atoms with Gasteiger partial charge in [-0.3, -0.25) is 0 Å². The van der Waals surface area contributed by atoms with E-state index in [1.54, 1.807) is 14.2 Å². The van der Waals surface area contributed by atoms with Gasteiger partial charge in [-0.2, -0.15) is 0 Å². The molecule has 0 aromatic heterocycles. The van der Waals surface area contributed by atoms with Crippen LogP contribution < -0.4 is 0 Å². The molecule has 0 bridgehead atoms. The van der Waals surface area contributed by atoms with E-state index in [1.165, 1.54) is 0 Å². The monoisotopic (exact) mass is 203 g/mol. The lowest BCUT2D eigenvalue weighted by atomic mass is 10.2. The van der Waals surface area contributed by atoms with Crippen molar-refractivity contribution in [2.75, 3.05) is 34.4 Å². The molecular formula is C11H25NO2. The Morgan fingerprint density at radius 1 is 0.929 bits per heavy atom. The molecule has 0 fully saturated rings. The standard InChI is InChI=1S/C11H25NO2/c1-6-10(13-4)8-12(3)9-11(7-2)14-5/h10-11H,6-9H2,1-5H3. The summed E-state index contributed by atoms with van der Waals surface area (Å²) >= 11 is 0. The minimum absolute atomic E-state index is 0.342. The number of likely N-dealkylation sites (N-methyl/N-ethyl adjacent to an activating group) is 1. The zero-order chi connectivity index (χ0) is 11.0. The number of nitrogens with zero attached hydrogens (tertiary/aromatic N) is 1. The Morgan fingerprint density at radius 2 is 1.29 bits per heavy atom. The van der Waals surface area contributed by atoms with E-state index in [0.717, 1.165) is 25.9 Å². The van der Waals surface area contributed by atoms with Crippen LogP contribution in [0.2, 0.25) is 0 Å². The van der Waals surface area contributed by atoms with Crippen LogP contribution in [0.3, 0.4) is 0 Å². The first-order valence-corrected chi connectivity index (χ1v) is 5.41. The summed E-state index contributed by atoms with van der Waals surface area (Å²) in [5, 5.41) is 0. The van der Waals surface area contributed by atoms with Crippen molar-refractivity contribution in [1.29, 1.82) is 0 Å². The smallest absolute Gasteiger partial charge is 0.0695 e. The second kappa shape index (κ2) is 8.21. The summed E-state index contributed by atoms with van der Waals surface area (Å²) < 4.78 is 10.7. The third-order valence-corrected chi connectivity index (χ3v) is 2.61. The second-order valence-corrected chi connectivity index (χ2v) is 3.75. The van der Waals surface area contributed by atoms with Gasteiger partial charge in [0.2, 0.25) is 0 Å². The zero-order valence-electron chi connectivity index (χ0n) is 10.2. The average molecular weight is 203 g/mol. The molecule has 0 rings (SSSR count). The van der Waals surface area contributed by atoms with E-state index < -0.39 is 0 Å². The molecule has 0 radical (unpaired) electrons. The van der Waals surface area contributed by atoms with Crippen LogP contribution in [0.5, 0.6) is 0 Å². The van der Waals surface area contributed by atoms with E-state index in [4.69, 9.17) is 9.47 Å². The fourth-order valence-corrected chi connectivity index (χ4v) is 1.51. The SMILES string of the molecule is CCC(CN(C)CC(CC)OC)OC. The molecular weight excluding hydrogens is 178 g/mol. The highest BCUT2D eigenvalue weighted by Gasteiger charge is 2.12. The Labute approximate surface area is 88.4 Å². The minimum Gasteiger partial charge on any atom is -0.380 e. The van der Waals surface area contributed by atoms with E-state index in [0.29, 0.717) is 12.2 Å². The van der Waals surface area contributed by atoms with Crippen molar-refractivity contribution in [1.82, 2.24) is 4.90 Å². The lowest BCUT2D eigenvalue weighted by Crippen LogP contribution is -2.36. The molecule has 2 unspecified atom stereocenters. The van der Waals surface area contributed by atoms with Gasteiger partial charge in [-0.25, -0.2) is 0 Å². The fraction of sp³-hybridized carbons (Fsp3) is 1.00. The Balaban J connectivity index is 3.77. The molecule has 0 saturated carbocycles. The van der Waals surface area contributed by atoms with Crippen molar-refractivity contribution in [3.05, 3.63) is 0 Å². The largest absolute Gasteiger partial charge is 0.380 e. The molecule has 2 atom stereocenters. The van der Waals surface area contributed by atoms with Gasteiger partial charge in [0.05, 0.1) is 12.2 Å². The summed E-state index contributed by atoms with van der Waals surface area (Å²) in [6.07, 6.45) is 2.80. The van der Waals surface area contributed by atoms with Gasteiger partial charge in [0, 0.05) is 27.3 Å². The van der Waals surface area contributed by atoms with Crippen LogP contribution in [0.4, 0.5) is 0 Å². The molecule has 14 heavy (non-hydrogen) atoms. The molecule has 0 aliphatic carbocycles. The molecule has 3 heteroatoms. The zero-order valence-corrected chi connectivity index (χ0v) is 10.2. The first-order valence-electron chi connectivity index (χ1n) is 5.41. The van der Waals surface area contributed by atoms with Crippen molar-refractivity contribution >= 4 is 0 Å². The Hall–Kier alpha value is -0.120. The number of hydrogen-bond acceptors (Lipinski definition) is 3. The first-order chi connectivity index (χ1) is 6.67. The molecule has 0 amide bonds. The number of methoxy groups -OCH3 is 2. The minimum atomic E-state index is 0.342. The number of ether oxygens (including phenoxy) is 2. The summed E-state index contributed by atoms with van der Waals surface area (Å²) in [6, 6.07) is 0. The van der Waals surface area contributed by atoms with Crippen molar-refractivity contribution in [3.63, 3.8) is 0 Å². The molecule has 0 aliphatic heterocycles. The fourth-order valence-electron chi connectivity index (χ4n) is 1.51. The maximum atomic E-state index is 5.34. The van der Waals surface area contributed by atoms with Crippen LogP contribution in [0.1, 0.15) is 26.7 Å². The highest BCUT2D eigenvalue weighted by Crippen LogP contribution is 2.03. The molecule has 0 spiro atoms. The molecule has 3 nitrogen and oxygen atoms in total. The summed E-state index contributed by atoms with van der Waals surface area (Å²) in [7, 11) is 5.66. The quantitative estimate of drug-likeness (QED) is 0.600. The molecule has 0 N–H and O–H groups in total. The lowest BCUT2D eigenvalue weighted by molar-refractivity contribution is 0.0341. The Kier molecular flexibility index (Phi) is 8.14. The topological polar surface area (TPSA) is 21.7 Å². The van der Waals surface area contributed by atoms with Gasteiger partial charge < -0.3 is 14.4 Å². The summed E-state index contributed by atoms with van der Waals surface area (Å²) in [5.74, 6) is 0. The van der Waals surface area contributed by atoms with Gasteiger partial charge in [0.15, 0.2) is 0 Å². The third-order valence-electron chi connectivity index (χ3n) is 2.61. The van der Waals surface area contributed by atoms with Gasteiger partial charge in [0.1, 0.15) is 0 Å². The average Bonchev–Trinajstić information content (AvgIpc) is 2.22. The first kappa shape index (κ1) is 13.9. The van der Waals surface area contributed by atoms with Crippen molar-refractivity contribution in [2.45, 2.75) is 38.9 Å². The summed E-state index contributed by atoms with van der Waals surface area (Å²) in [4.78, 5) is 2.27. The highest BCUT2D eigenvalue weighted by molar-refractivity contribution is 4.65. The van der Waals surface area contributed by atoms with E-state index in [1.807, 2.05) is 0 Å². The normalized spacial score (nSPS) is 15.9. The van der Waals surface area contributed by atoms with E-state index in [9.17, 15) is 0 Å². The van der Waals surface area contributed by atoms with Gasteiger partial charge in [0.25, 0.3) is 0 Å². The summed E-state index contributed by atoms with van der Waals surface area (Å²) in [5.41, 5.74) is 0. The number of hydrogen-bond donors (Lipinski definition) is 0. The van der Waals surface area contributed by atoms with E-state index in [-0.39, 0.29) is 0 Å². The van der Waals surface area contributed by atoms with Crippen LogP contribution in [-0.2, 0) is 9.47 Å². The highest BCUT2D eigenvalue weighted by atomic mass is 16.5. The maximum Gasteiger partial charge on any atom is 0.0695 e. The van der Waals surface area contributed by atoms with Crippen molar-refractivity contribution in [3.8, 4) is 0 Å². The molecule has 86 valence electrons. The van der Waals surface area contributed by atoms with Crippen LogP contribution in [-0.4, -0.2) is 51.5 Å². The van der Waals surface area contributed by atoms with Crippen LogP contribution in [0.15, 0.2) is 0 Å². The van der Waals surface area contributed by atoms with Crippen LogP contribution >= 0.6 is 0 Å². The molecule has 0 heterocycles. The lowest BCUT2D eigenvalue weighted by Gasteiger charge is -2.25. The molecule has 0 aliphatic rings. The predicted molar refractivity (Wildman–Crippen MR) is 59.7 cm³/mol. The maximum absolute atomic E-state index is 5.34. The Bertz CT molecular complexity index is 108. The van der Waals surface area contributed by atoms with Gasteiger partial charge in [-0.15, -0.1) is 0 Å². The van der Waals surface area contributed by atoms with Crippen LogP contribution in [0.25, 0.3) is 0 Å². The van der Waals surface area contributed by atoms with Crippen LogP contribution in [0, 0.1) is 0 Å². The van der Waals surface area contributed by atoms with Crippen molar-refractivity contribution < 1.29 is 9.47 Å². The van der Waals surface area contributed by atoms with Gasteiger partial charge in [-0.1, -0.05) is 13.8 Å². The van der Waals surface area contributed by atoms with E-state index >= 15 is 0 Å². The molecule has 0 saturated heterocycles. The second-order valence-electron chi connectivity index (χ2n) is 3.75. The van der Waals surface area contributed by atoms with Gasteiger partial charge in [-0.05, 0) is 19.9 Å². The molecule has 0 aromatic rings. The van der Waals surface area contributed by atoms with E-state index in [2.05, 4.69) is 25.8 Å². The van der Waals surface area contributed by atoms with Gasteiger partial charge >= 0.3 is 0 Å².